The van der Waals surface area contributed by atoms with Crippen LogP contribution in [0, 0.1) is 0 Å². The van der Waals surface area contributed by atoms with Gasteiger partial charge in [-0.25, -0.2) is 4.79 Å². The van der Waals surface area contributed by atoms with Gasteiger partial charge >= 0.3 is 5.97 Å². The van der Waals surface area contributed by atoms with Gasteiger partial charge < -0.3 is 14.7 Å². The Labute approximate surface area is 118 Å². The predicted octanol–water partition coefficient (Wildman–Crippen LogP) is 1.88. The van der Waals surface area contributed by atoms with Crippen molar-refractivity contribution in [3.05, 3.63) is 35.9 Å². The Morgan fingerprint density at radius 2 is 2.20 bits per heavy atom. The molecule has 108 valence electrons. The smallest absolute Gasteiger partial charge is 0.356 e. The summed E-state index contributed by atoms with van der Waals surface area (Å²) in [7, 11) is 1.28. The first-order chi connectivity index (χ1) is 9.64. The summed E-state index contributed by atoms with van der Waals surface area (Å²) in [6, 6.07) is 9.46. The number of hydrogen-bond donors (Lipinski definition) is 1. The number of benzene rings is 1. The molecular weight excluding hydrogens is 258 g/mol. The van der Waals surface area contributed by atoms with Crippen molar-refractivity contribution < 1.29 is 19.5 Å². The minimum absolute atomic E-state index is 0.213. The van der Waals surface area contributed by atoms with Gasteiger partial charge in [-0.05, 0) is 12.0 Å². The zero-order chi connectivity index (χ0) is 14.6. The second-order valence-electron chi connectivity index (χ2n) is 4.86. The molecule has 1 aliphatic heterocycles. The average Bonchev–Trinajstić information content (AvgIpc) is 2.94. The fourth-order valence-electron chi connectivity index (χ4n) is 2.34. The molecule has 0 fully saturated rings. The van der Waals surface area contributed by atoms with Crippen molar-refractivity contribution in [3.63, 3.8) is 0 Å². The molecule has 20 heavy (non-hydrogen) atoms. The molecule has 5 heteroatoms. The fraction of sp³-hybridized carbons (Fsp3) is 0.467. The molecule has 1 aliphatic rings. The summed E-state index contributed by atoms with van der Waals surface area (Å²) in [4.78, 5) is 17.4. The largest absolute Gasteiger partial charge is 0.466 e. The lowest BCUT2D eigenvalue weighted by atomic mass is 9.87. The van der Waals surface area contributed by atoms with Crippen molar-refractivity contribution in [2.24, 2.45) is 5.16 Å². The molecule has 2 atom stereocenters. The summed E-state index contributed by atoms with van der Waals surface area (Å²) < 4.78 is 4.79. The van der Waals surface area contributed by atoms with E-state index in [1.165, 1.54) is 7.11 Å². The van der Waals surface area contributed by atoms with E-state index in [1.807, 2.05) is 37.3 Å². The number of rotatable bonds is 5. The molecule has 0 amide bonds. The van der Waals surface area contributed by atoms with E-state index < -0.39 is 17.7 Å². The number of carbonyl (C=O) groups is 1. The molecule has 1 heterocycles. The summed E-state index contributed by atoms with van der Waals surface area (Å²) >= 11 is 0. The van der Waals surface area contributed by atoms with Crippen LogP contribution in [0.4, 0.5) is 0 Å². The van der Waals surface area contributed by atoms with Gasteiger partial charge in [0.2, 0.25) is 0 Å². The molecule has 0 saturated heterocycles. The van der Waals surface area contributed by atoms with Crippen LogP contribution < -0.4 is 0 Å². The third kappa shape index (κ3) is 2.54. The van der Waals surface area contributed by atoms with E-state index in [-0.39, 0.29) is 6.42 Å². The van der Waals surface area contributed by atoms with Crippen molar-refractivity contribution >= 4 is 11.7 Å². The minimum atomic E-state index is -1.42. The monoisotopic (exact) mass is 277 g/mol. The zero-order valence-electron chi connectivity index (χ0n) is 11.7. The summed E-state index contributed by atoms with van der Waals surface area (Å²) in [6.07, 6.45) is 0.464. The van der Waals surface area contributed by atoms with E-state index in [2.05, 4.69) is 5.16 Å². The topological polar surface area (TPSA) is 68.1 Å². The maximum atomic E-state index is 12.0. The summed E-state index contributed by atoms with van der Waals surface area (Å²) in [5, 5.41) is 14.3. The van der Waals surface area contributed by atoms with Crippen molar-refractivity contribution in [1.29, 1.82) is 0 Å². The van der Waals surface area contributed by atoms with Gasteiger partial charge in [0.15, 0.2) is 0 Å². The number of aliphatic hydroxyl groups is 1. The molecule has 0 spiro atoms. The van der Waals surface area contributed by atoms with Crippen LogP contribution in [0.1, 0.15) is 31.7 Å². The van der Waals surface area contributed by atoms with Crippen LogP contribution in [-0.2, 0) is 14.4 Å². The number of carbonyl (C=O) groups excluding carboxylic acids is 1. The molecule has 0 saturated carbocycles. The van der Waals surface area contributed by atoms with Crippen LogP contribution in [0.3, 0.4) is 0 Å². The van der Waals surface area contributed by atoms with Gasteiger partial charge in [-0.2, -0.15) is 0 Å². The Bertz CT molecular complexity index is 500. The van der Waals surface area contributed by atoms with Crippen LogP contribution in [0.15, 0.2) is 35.5 Å². The number of esters is 1. The Hall–Kier alpha value is -1.88. The minimum Gasteiger partial charge on any atom is -0.466 e. The van der Waals surface area contributed by atoms with Gasteiger partial charge in [-0.15, -0.1) is 0 Å². The van der Waals surface area contributed by atoms with Crippen LogP contribution in [0.2, 0.25) is 0 Å². The van der Waals surface area contributed by atoms with Crippen LogP contribution in [0.25, 0.3) is 0 Å². The maximum absolute atomic E-state index is 12.0. The van der Waals surface area contributed by atoms with Crippen LogP contribution in [0.5, 0.6) is 0 Å². The van der Waals surface area contributed by atoms with Gasteiger partial charge in [0.05, 0.1) is 19.2 Å². The molecular formula is C15H19NO4. The fourth-order valence-corrected chi connectivity index (χ4v) is 2.34. The number of hydrogen-bond acceptors (Lipinski definition) is 5. The lowest BCUT2D eigenvalue weighted by molar-refractivity contribution is -0.182. The number of nitrogens with zero attached hydrogens (tertiary/aromatic N) is 1. The maximum Gasteiger partial charge on any atom is 0.356 e. The Morgan fingerprint density at radius 1 is 1.50 bits per heavy atom. The Morgan fingerprint density at radius 3 is 2.80 bits per heavy atom. The summed E-state index contributed by atoms with van der Waals surface area (Å²) in [5.41, 5.74) is 0.101. The van der Waals surface area contributed by atoms with Gasteiger partial charge in [-0.1, -0.05) is 48.8 Å². The number of methoxy groups -OCH3 is 1. The highest BCUT2D eigenvalue weighted by Crippen LogP contribution is 2.33. The third-order valence-electron chi connectivity index (χ3n) is 3.49. The van der Waals surface area contributed by atoms with Gasteiger partial charge in [0, 0.05) is 0 Å². The Kier molecular flexibility index (Phi) is 4.39. The normalized spacial score (nSPS) is 22.9. The van der Waals surface area contributed by atoms with E-state index in [1.54, 1.807) is 0 Å². The predicted molar refractivity (Wildman–Crippen MR) is 74.3 cm³/mol. The number of ether oxygens (including phenoxy) is 1. The first-order valence-electron chi connectivity index (χ1n) is 6.71. The van der Waals surface area contributed by atoms with E-state index in [9.17, 15) is 9.90 Å². The second-order valence-corrected chi connectivity index (χ2v) is 4.86. The van der Waals surface area contributed by atoms with E-state index in [4.69, 9.17) is 9.57 Å². The van der Waals surface area contributed by atoms with Crippen LogP contribution >= 0.6 is 0 Å². The lowest BCUT2D eigenvalue weighted by Crippen LogP contribution is -2.50. The van der Waals surface area contributed by atoms with Gasteiger partial charge in [-0.3, -0.25) is 0 Å². The molecule has 5 nitrogen and oxygen atoms in total. The molecule has 0 radical (unpaired) electrons. The SMILES string of the molecule is CCC[C@@H](O)[C@@]1(C(=O)OC)CC(c2ccccc2)=NO1. The standard InChI is InChI=1S/C15H19NO4/c1-3-7-13(17)15(14(18)19-2)10-12(16-20-15)11-8-5-4-6-9-11/h4-6,8-9,13,17H,3,7,10H2,1-2H3/t13-,15-/m1/s1. The van der Waals surface area contributed by atoms with Crippen molar-refractivity contribution in [2.75, 3.05) is 7.11 Å². The molecule has 0 bridgehead atoms. The highest BCUT2D eigenvalue weighted by molar-refractivity contribution is 6.04. The van der Waals surface area contributed by atoms with E-state index >= 15 is 0 Å². The highest BCUT2D eigenvalue weighted by atomic mass is 16.7. The molecule has 2 rings (SSSR count). The van der Waals surface area contributed by atoms with E-state index in [0.717, 1.165) is 12.0 Å². The third-order valence-corrected chi connectivity index (χ3v) is 3.49. The van der Waals surface area contributed by atoms with Gasteiger partial charge in [0.25, 0.3) is 5.60 Å². The van der Waals surface area contributed by atoms with E-state index in [0.29, 0.717) is 12.1 Å². The molecule has 1 N–H and O–H groups in total. The quantitative estimate of drug-likeness (QED) is 0.834. The first kappa shape index (κ1) is 14.5. The first-order valence-corrected chi connectivity index (χ1v) is 6.71. The molecule has 0 aliphatic carbocycles. The summed E-state index contributed by atoms with van der Waals surface area (Å²) in [5.74, 6) is -0.590. The van der Waals surface area contributed by atoms with Crippen molar-refractivity contribution in [1.82, 2.24) is 0 Å². The molecule has 0 aromatic heterocycles. The van der Waals surface area contributed by atoms with Crippen LogP contribution in [-0.4, -0.2) is 35.6 Å². The van der Waals surface area contributed by atoms with Crippen molar-refractivity contribution in [2.45, 2.75) is 37.9 Å². The molecule has 0 unspecified atom stereocenters. The zero-order valence-corrected chi connectivity index (χ0v) is 11.7. The summed E-state index contributed by atoms with van der Waals surface area (Å²) in [6.45, 7) is 1.93. The average molecular weight is 277 g/mol. The lowest BCUT2D eigenvalue weighted by Gasteiger charge is -2.28. The molecule has 1 aromatic rings. The number of aliphatic hydroxyl groups excluding tert-OH is 1. The van der Waals surface area contributed by atoms with Crippen molar-refractivity contribution in [3.8, 4) is 0 Å². The Balaban J connectivity index is 2.24. The second kappa shape index (κ2) is 6.05. The van der Waals surface area contributed by atoms with Gasteiger partial charge in [0.1, 0.15) is 6.10 Å². The molecule has 1 aromatic carbocycles. The number of oxime groups is 1. The highest BCUT2D eigenvalue weighted by Gasteiger charge is 2.53.